The third-order valence-electron chi connectivity index (χ3n) is 2.56. The van der Waals surface area contributed by atoms with Crippen molar-refractivity contribution >= 4 is 0 Å². The van der Waals surface area contributed by atoms with E-state index in [4.69, 9.17) is 5.11 Å². The van der Waals surface area contributed by atoms with Crippen molar-refractivity contribution in [2.75, 3.05) is 26.7 Å². The second kappa shape index (κ2) is 6.59. The molecule has 0 amide bonds. The third-order valence-corrected chi connectivity index (χ3v) is 2.56. The molecule has 2 nitrogen and oxygen atoms in total. The minimum absolute atomic E-state index is 0.273. The van der Waals surface area contributed by atoms with Crippen LogP contribution in [0.4, 0.5) is 0 Å². The lowest BCUT2D eigenvalue weighted by atomic mass is 10.1. The minimum atomic E-state index is 0.273. The number of aliphatic hydroxyl groups is 1. The number of rotatable bonds is 6. The van der Waals surface area contributed by atoms with E-state index in [1.807, 2.05) is 6.07 Å². The van der Waals surface area contributed by atoms with E-state index in [9.17, 15) is 0 Å². The average molecular weight is 207 g/mol. The Labute approximate surface area is 92.5 Å². The first kappa shape index (κ1) is 12.2. The summed E-state index contributed by atoms with van der Waals surface area (Å²) in [5, 5.41) is 8.94. The highest BCUT2D eigenvalue weighted by Gasteiger charge is 2.04. The Kier molecular flexibility index (Phi) is 5.37. The lowest BCUT2D eigenvalue weighted by molar-refractivity contribution is 0.192. The van der Waals surface area contributed by atoms with Crippen LogP contribution in [-0.2, 0) is 6.42 Å². The maximum absolute atomic E-state index is 8.94. The summed E-state index contributed by atoms with van der Waals surface area (Å²) < 4.78 is 0. The summed E-state index contributed by atoms with van der Waals surface area (Å²) in [6.45, 7) is 4.35. The van der Waals surface area contributed by atoms with Gasteiger partial charge in [-0.25, -0.2) is 0 Å². The quantitative estimate of drug-likeness (QED) is 0.768. The van der Waals surface area contributed by atoms with Crippen molar-refractivity contribution in [1.82, 2.24) is 4.90 Å². The highest BCUT2D eigenvalue weighted by atomic mass is 16.3. The van der Waals surface area contributed by atoms with Crippen molar-refractivity contribution in [3.8, 4) is 0 Å². The van der Waals surface area contributed by atoms with Crippen molar-refractivity contribution < 1.29 is 5.11 Å². The molecule has 0 aliphatic carbocycles. The van der Waals surface area contributed by atoms with Gasteiger partial charge >= 0.3 is 0 Å². The molecule has 0 aliphatic rings. The predicted octanol–water partition coefficient (Wildman–Crippen LogP) is 1.79. The monoisotopic (exact) mass is 207 g/mol. The molecule has 1 N–H and O–H groups in total. The Balaban J connectivity index is 2.25. The van der Waals surface area contributed by atoms with E-state index < -0.39 is 0 Å². The first-order chi connectivity index (χ1) is 7.22. The van der Waals surface area contributed by atoms with Gasteiger partial charge in [0.1, 0.15) is 0 Å². The van der Waals surface area contributed by atoms with Crippen molar-refractivity contribution in [2.24, 2.45) is 5.92 Å². The molecule has 15 heavy (non-hydrogen) atoms. The molecule has 0 aromatic heterocycles. The van der Waals surface area contributed by atoms with Crippen molar-refractivity contribution in [1.29, 1.82) is 0 Å². The SMILES string of the molecule is CC(CO)CN(C)CCc1ccccc1. The first-order valence-electron chi connectivity index (χ1n) is 5.55. The number of nitrogens with zero attached hydrogens (tertiary/aromatic N) is 1. The molecule has 1 aromatic carbocycles. The smallest absolute Gasteiger partial charge is 0.0468 e. The van der Waals surface area contributed by atoms with E-state index in [-0.39, 0.29) is 6.61 Å². The van der Waals surface area contributed by atoms with Gasteiger partial charge in [0.25, 0.3) is 0 Å². The first-order valence-corrected chi connectivity index (χ1v) is 5.55. The van der Waals surface area contributed by atoms with Crippen LogP contribution in [0.5, 0.6) is 0 Å². The van der Waals surface area contributed by atoms with Crippen LogP contribution in [0.1, 0.15) is 12.5 Å². The molecule has 0 heterocycles. The summed E-state index contributed by atoms with van der Waals surface area (Å²) >= 11 is 0. The topological polar surface area (TPSA) is 23.5 Å². The molecule has 0 aliphatic heterocycles. The molecule has 0 saturated carbocycles. The Bertz CT molecular complexity index is 260. The van der Waals surface area contributed by atoms with Crippen LogP contribution in [-0.4, -0.2) is 36.8 Å². The molecule has 1 aromatic rings. The Morgan fingerprint density at radius 1 is 1.27 bits per heavy atom. The van der Waals surface area contributed by atoms with Gasteiger partial charge in [-0.15, -0.1) is 0 Å². The average Bonchev–Trinajstić information content (AvgIpc) is 2.27. The maximum atomic E-state index is 8.94. The fourth-order valence-corrected chi connectivity index (χ4v) is 1.65. The van der Waals surface area contributed by atoms with Gasteiger partial charge in [-0.3, -0.25) is 0 Å². The zero-order chi connectivity index (χ0) is 11.1. The van der Waals surface area contributed by atoms with Gasteiger partial charge in [0.05, 0.1) is 0 Å². The van der Waals surface area contributed by atoms with Gasteiger partial charge in [-0.1, -0.05) is 37.3 Å². The Morgan fingerprint density at radius 3 is 2.53 bits per heavy atom. The Morgan fingerprint density at radius 2 is 1.93 bits per heavy atom. The molecule has 0 saturated heterocycles. The fraction of sp³-hybridized carbons (Fsp3) is 0.538. The molecular weight excluding hydrogens is 186 g/mol. The number of aliphatic hydroxyl groups excluding tert-OH is 1. The number of likely N-dealkylation sites (N-methyl/N-ethyl adjacent to an activating group) is 1. The van der Waals surface area contributed by atoms with Crippen LogP contribution in [0.3, 0.4) is 0 Å². The third kappa shape index (κ3) is 4.96. The van der Waals surface area contributed by atoms with Crippen LogP contribution >= 0.6 is 0 Å². The van der Waals surface area contributed by atoms with Gasteiger partial charge in [0, 0.05) is 19.7 Å². The molecule has 1 rings (SSSR count). The van der Waals surface area contributed by atoms with Gasteiger partial charge in [0.15, 0.2) is 0 Å². The molecule has 84 valence electrons. The van der Waals surface area contributed by atoms with Gasteiger partial charge in [-0.05, 0) is 24.9 Å². The van der Waals surface area contributed by atoms with Crippen LogP contribution in [0.15, 0.2) is 30.3 Å². The van der Waals surface area contributed by atoms with Gasteiger partial charge < -0.3 is 10.0 Å². The summed E-state index contributed by atoms with van der Waals surface area (Å²) in [5.74, 6) is 0.366. The summed E-state index contributed by atoms with van der Waals surface area (Å²) in [4.78, 5) is 2.27. The maximum Gasteiger partial charge on any atom is 0.0468 e. The summed E-state index contributed by atoms with van der Waals surface area (Å²) in [6.07, 6.45) is 1.08. The number of hydrogen-bond donors (Lipinski definition) is 1. The predicted molar refractivity (Wildman–Crippen MR) is 63.9 cm³/mol. The molecule has 0 bridgehead atoms. The summed E-state index contributed by atoms with van der Waals surface area (Å²) in [6, 6.07) is 10.5. The van der Waals surface area contributed by atoms with Crippen LogP contribution in [0, 0.1) is 5.92 Å². The van der Waals surface area contributed by atoms with E-state index in [1.54, 1.807) is 0 Å². The second-order valence-electron chi connectivity index (χ2n) is 4.29. The Hall–Kier alpha value is -0.860. The van der Waals surface area contributed by atoms with E-state index >= 15 is 0 Å². The normalized spacial score (nSPS) is 13.1. The molecule has 0 radical (unpaired) electrons. The summed E-state index contributed by atoms with van der Waals surface area (Å²) in [5.41, 5.74) is 1.38. The largest absolute Gasteiger partial charge is 0.396 e. The fourth-order valence-electron chi connectivity index (χ4n) is 1.65. The molecule has 0 fully saturated rings. The molecule has 1 unspecified atom stereocenters. The molecule has 1 atom stereocenters. The standard InChI is InChI=1S/C13H21NO/c1-12(11-15)10-14(2)9-8-13-6-4-3-5-7-13/h3-7,12,15H,8-11H2,1-2H3. The second-order valence-corrected chi connectivity index (χ2v) is 4.29. The van der Waals surface area contributed by atoms with Crippen molar-refractivity contribution in [3.05, 3.63) is 35.9 Å². The lowest BCUT2D eigenvalue weighted by Gasteiger charge is -2.19. The van der Waals surface area contributed by atoms with Gasteiger partial charge in [0.2, 0.25) is 0 Å². The molecule has 0 spiro atoms. The zero-order valence-corrected chi connectivity index (χ0v) is 9.69. The number of benzene rings is 1. The van der Waals surface area contributed by atoms with E-state index in [1.165, 1.54) is 5.56 Å². The van der Waals surface area contributed by atoms with Crippen LogP contribution < -0.4 is 0 Å². The van der Waals surface area contributed by atoms with Crippen molar-refractivity contribution in [2.45, 2.75) is 13.3 Å². The number of hydrogen-bond acceptors (Lipinski definition) is 2. The molecule has 2 heteroatoms. The van der Waals surface area contributed by atoms with Crippen molar-refractivity contribution in [3.63, 3.8) is 0 Å². The van der Waals surface area contributed by atoms with Crippen LogP contribution in [0.25, 0.3) is 0 Å². The highest BCUT2D eigenvalue weighted by Crippen LogP contribution is 2.02. The summed E-state index contributed by atoms with van der Waals surface area (Å²) in [7, 11) is 2.11. The highest BCUT2D eigenvalue weighted by molar-refractivity contribution is 5.14. The zero-order valence-electron chi connectivity index (χ0n) is 9.69. The lowest BCUT2D eigenvalue weighted by Crippen LogP contribution is -2.28. The molecular formula is C13H21NO. The van der Waals surface area contributed by atoms with E-state index in [2.05, 4.69) is 43.1 Å². The minimum Gasteiger partial charge on any atom is -0.396 e. The van der Waals surface area contributed by atoms with E-state index in [0.717, 1.165) is 19.5 Å². The van der Waals surface area contributed by atoms with E-state index in [0.29, 0.717) is 5.92 Å². The van der Waals surface area contributed by atoms with Crippen LogP contribution in [0.2, 0.25) is 0 Å². The van der Waals surface area contributed by atoms with Gasteiger partial charge in [-0.2, -0.15) is 0 Å².